The lowest BCUT2D eigenvalue weighted by Crippen LogP contribution is -2.39. The molecular formula is C20H21N3O5. The predicted molar refractivity (Wildman–Crippen MR) is 103 cm³/mol. The fourth-order valence-corrected chi connectivity index (χ4v) is 3.29. The number of fused-ring (bicyclic) bond motifs is 1. The first-order chi connectivity index (χ1) is 13.6. The van der Waals surface area contributed by atoms with Crippen LogP contribution >= 0.6 is 0 Å². The molecule has 2 aromatic rings. The summed E-state index contributed by atoms with van der Waals surface area (Å²) in [4.78, 5) is 26.3. The molecule has 4 rings (SSSR count). The van der Waals surface area contributed by atoms with Gasteiger partial charge in [0.15, 0.2) is 11.5 Å². The van der Waals surface area contributed by atoms with Gasteiger partial charge in [-0.2, -0.15) is 0 Å². The molecule has 2 N–H and O–H groups in total. The number of nitrogens with zero attached hydrogens (tertiary/aromatic N) is 1. The molecule has 8 heteroatoms. The number of amides is 3. The predicted octanol–water partition coefficient (Wildman–Crippen LogP) is 2.39. The van der Waals surface area contributed by atoms with E-state index in [-0.39, 0.29) is 24.4 Å². The molecule has 28 heavy (non-hydrogen) atoms. The maximum atomic E-state index is 12.3. The van der Waals surface area contributed by atoms with Crippen LogP contribution in [0.2, 0.25) is 0 Å². The number of nitrogens with one attached hydrogen (secondary N) is 2. The van der Waals surface area contributed by atoms with Gasteiger partial charge >= 0.3 is 6.03 Å². The second-order valence-electron chi connectivity index (χ2n) is 6.56. The third-order valence-corrected chi connectivity index (χ3v) is 4.64. The Morgan fingerprint density at radius 3 is 2.61 bits per heavy atom. The molecule has 2 aliphatic heterocycles. The summed E-state index contributed by atoms with van der Waals surface area (Å²) in [5.41, 5.74) is 1.38. The molecule has 2 heterocycles. The van der Waals surface area contributed by atoms with Crippen LogP contribution in [-0.4, -0.2) is 44.8 Å². The third kappa shape index (κ3) is 3.80. The van der Waals surface area contributed by atoms with Crippen LogP contribution in [0, 0.1) is 0 Å². The van der Waals surface area contributed by atoms with Gasteiger partial charge in [-0.1, -0.05) is 0 Å². The molecule has 146 valence electrons. The Balaban J connectivity index is 1.35. The van der Waals surface area contributed by atoms with E-state index in [4.69, 9.17) is 14.2 Å². The van der Waals surface area contributed by atoms with Crippen molar-refractivity contribution >= 4 is 23.3 Å². The second kappa shape index (κ2) is 7.67. The number of urea groups is 1. The van der Waals surface area contributed by atoms with Gasteiger partial charge < -0.3 is 29.7 Å². The number of carbonyl (C=O) groups excluding carboxylic acids is 2. The molecule has 0 aromatic heterocycles. The number of hydrogen-bond donors (Lipinski definition) is 2. The summed E-state index contributed by atoms with van der Waals surface area (Å²) in [5, 5.41) is 5.62. The van der Waals surface area contributed by atoms with Crippen LogP contribution in [0.25, 0.3) is 0 Å². The molecule has 1 saturated heterocycles. The van der Waals surface area contributed by atoms with Crippen molar-refractivity contribution in [2.24, 2.45) is 0 Å². The topological polar surface area (TPSA) is 89.1 Å². The highest BCUT2D eigenvalue weighted by molar-refractivity contribution is 5.97. The van der Waals surface area contributed by atoms with Crippen LogP contribution in [0.3, 0.4) is 0 Å². The summed E-state index contributed by atoms with van der Waals surface area (Å²) in [6.07, 6.45) is 0.251. The van der Waals surface area contributed by atoms with Crippen LogP contribution in [0.5, 0.6) is 17.2 Å². The van der Waals surface area contributed by atoms with E-state index in [9.17, 15) is 9.59 Å². The molecule has 1 fully saturated rings. The zero-order valence-corrected chi connectivity index (χ0v) is 15.4. The lowest BCUT2D eigenvalue weighted by Gasteiger charge is -2.20. The number of anilines is 2. The van der Waals surface area contributed by atoms with Crippen molar-refractivity contribution in [3.05, 3.63) is 42.5 Å². The van der Waals surface area contributed by atoms with Crippen molar-refractivity contribution < 1.29 is 23.8 Å². The summed E-state index contributed by atoms with van der Waals surface area (Å²) in [6.45, 7) is 1.41. The molecular weight excluding hydrogens is 362 g/mol. The van der Waals surface area contributed by atoms with Gasteiger partial charge in [-0.25, -0.2) is 4.79 Å². The molecule has 0 bridgehead atoms. The van der Waals surface area contributed by atoms with E-state index in [0.29, 0.717) is 36.9 Å². The number of ether oxygens (including phenoxy) is 3. The average molecular weight is 383 g/mol. The van der Waals surface area contributed by atoms with Crippen LogP contribution in [-0.2, 0) is 4.79 Å². The Morgan fingerprint density at radius 2 is 1.86 bits per heavy atom. The minimum Gasteiger partial charge on any atom is -0.497 e. The van der Waals surface area contributed by atoms with Crippen molar-refractivity contribution in [2.45, 2.75) is 12.5 Å². The number of carbonyl (C=O) groups is 2. The normalized spacial score (nSPS) is 18.0. The van der Waals surface area contributed by atoms with Crippen LogP contribution in [0.4, 0.5) is 16.2 Å². The summed E-state index contributed by atoms with van der Waals surface area (Å²) in [5.74, 6) is 1.96. The molecule has 0 aliphatic carbocycles. The van der Waals surface area contributed by atoms with Gasteiger partial charge in [0.2, 0.25) is 5.91 Å². The SMILES string of the molecule is COc1ccc(N2CC(NC(=O)Nc3ccc4c(c3)OCCO4)CC2=O)cc1. The minimum atomic E-state index is -0.369. The first kappa shape index (κ1) is 18.0. The van der Waals surface area contributed by atoms with E-state index >= 15 is 0 Å². The average Bonchev–Trinajstić information content (AvgIpc) is 3.07. The van der Waals surface area contributed by atoms with Crippen molar-refractivity contribution in [3.63, 3.8) is 0 Å². The van der Waals surface area contributed by atoms with Crippen molar-refractivity contribution in [3.8, 4) is 17.2 Å². The van der Waals surface area contributed by atoms with Gasteiger partial charge in [-0.3, -0.25) is 4.79 Å². The highest BCUT2D eigenvalue weighted by atomic mass is 16.6. The van der Waals surface area contributed by atoms with E-state index in [0.717, 1.165) is 11.4 Å². The minimum absolute atomic E-state index is 0.0326. The summed E-state index contributed by atoms with van der Waals surface area (Å²) in [6, 6.07) is 11.8. The molecule has 8 nitrogen and oxygen atoms in total. The van der Waals surface area contributed by atoms with Crippen LogP contribution < -0.4 is 29.7 Å². The van der Waals surface area contributed by atoms with Gasteiger partial charge in [-0.15, -0.1) is 0 Å². The Hall–Kier alpha value is -3.42. The largest absolute Gasteiger partial charge is 0.497 e. The second-order valence-corrected chi connectivity index (χ2v) is 6.56. The first-order valence-electron chi connectivity index (χ1n) is 9.04. The van der Waals surface area contributed by atoms with Crippen molar-refractivity contribution in [2.75, 3.05) is 37.1 Å². The lowest BCUT2D eigenvalue weighted by molar-refractivity contribution is -0.117. The molecule has 3 amide bonds. The highest BCUT2D eigenvalue weighted by Crippen LogP contribution is 2.32. The highest BCUT2D eigenvalue weighted by Gasteiger charge is 2.31. The molecule has 0 spiro atoms. The van der Waals surface area contributed by atoms with E-state index in [1.807, 2.05) is 12.1 Å². The summed E-state index contributed by atoms with van der Waals surface area (Å²) in [7, 11) is 1.59. The smallest absolute Gasteiger partial charge is 0.319 e. The number of hydrogen-bond acceptors (Lipinski definition) is 5. The first-order valence-corrected chi connectivity index (χ1v) is 9.04. The van der Waals surface area contributed by atoms with E-state index in [1.54, 1.807) is 42.3 Å². The lowest BCUT2D eigenvalue weighted by atomic mass is 10.2. The Morgan fingerprint density at radius 1 is 1.11 bits per heavy atom. The summed E-state index contributed by atoms with van der Waals surface area (Å²) < 4.78 is 16.1. The van der Waals surface area contributed by atoms with Crippen molar-refractivity contribution in [1.82, 2.24) is 5.32 Å². The van der Waals surface area contributed by atoms with E-state index in [1.165, 1.54) is 0 Å². The van der Waals surface area contributed by atoms with Crippen molar-refractivity contribution in [1.29, 1.82) is 0 Å². The Bertz CT molecular complexity index is 884. The van der Waals surface area contributed by atoms with Gasteiger partial charge in [-0.05, 0) is 36.4 Å². The zero-order valence-electron chi connectivity index (χ0n) is 15.4. The molecule has 2 aliphatic rings. The maximum Gasteiger partial charge on any atom is 0.319 e. The van der Waals surface area contributed by atoms with Gasteiger partial charge in [0.1, 0.15) is 19.0 Å². The number of methoxy groups -OCH3 is 1. The Kier molecular flexibility index (Phi) is 4.92. The maximum absolute atomic E-state index is 12.3. The fourth-order valence-electron chi connectivity index (χ4n) is 3.29. The van der Waals surface area contributed by atoms with Gasteiger partial charge in [0.25, 0.3) is 0 Å². The number of rotatable bonds is 4. The van der Waals surface area contributed by atoms with Gasteiger partial charge in [0.05, 0.1) is 13.2 Å². The van der Waals surface area contributed by atoms with Gasteiger partial charge in [0, 0.05) is 30.4 Å². The standard InChI is InChI=1S/C20H21N3O5/c1-26-16-5-3-15(4-6-16)23-12-14(11-19(23)24)22-20(25)21-13-2-7-17-18(10-13)28-9-8-27-17/h2-7,10,14H,8-9,11-12H2,1H3,(H2,21,22,25). The summed E-state index contributed by atoms with van der Waals surface area (Å²) >= 11 is 0. The van der Waals surface area contributed by atoms with Crippen LogP contribution in [0.15, 0.2) is 42.5 Å². The van der Waals surface area contributed by atoms with Crippen LogP contribution in [0.1, 0.15) is 6.42 Å². The Labute approximate surface area is 162 Å². The molecule has 1 atom stereocenters. The monoisotopic (exact) mass is 383 g/mol. The quantitative estimate of drug-likeness (QED) is 0.846. The van der Waals surface area contributed by atoms with E-state index in [2.05, 4.69) is 10.6 Å². The van der Waals surface area contributed by atoms with E-state index < -0.39 is 0 Å². The molecule has 1 unspecified atom stereocenters. The molecule has 2 aromatic carbocycles. The fraction of sp³-hybridized carbons (Fsp3) is 0.300. The number of benzene rings is 2. The third-order valence-electron chi connectivity index (χ3n) is 4.64. The zero-order chi connectivity index (χ0) is 19.5. The molecule has 0 saturated carbocycles. The molecule has 0 radical (unpaired) electrons.